The Morgan fingerprint density at radius 2 is 1.73 bits per heavy atom. The van der Waals surface area contributed by atoms with Crippen molar-refractivity contribution >= 4 is 17.5 Å². The molecule has 6 nitrogen and oxygen atoms in total. The molecule has 0 spiro atoms. The summed E-state index contributed by atoms with van der Waals surface area (Å²) in [5, 5.41) is 0. The number of furan rings is 1. The molecule has 0 N–H and O–H groups in total. The van der Waals surface area contributed by atoms with Crippen LogP contribution in [0.5, 0.6) is 0 Å². The third-order valence-corrected chi connectivity index (χ3v) is 6.14. The summed E-state index contributed by atoms with van der Waals surface area (Å²) in [4.78, 5) is 31.8. The van der Waals surface area contributed by atoms with Crippen LogP contribution in [-0.2, 0) is 29.1 Å². The Hall–Kier alpha value is -3.54. The minimum atomic E-state index is -0.329. The van der Waals surface area contributed by atoms with E-state index in [4.69, 9.17) is 4.42 Å². The third-order valence-electron chi connectivity index (χ3n) is 6.14. The molecular formula is C27H31N3O3. The van der Waals surface area contributed by atoms with Crippen LogP contribution in [0, 0.1) is 5.92 Å². The summed E-state index contributed by atoms with van der Waals surface area (Å²) < 4.78 is 5.52. The van der Waals surface area contributed by atoms with Crippen molar-refractivity contribution in [1.29, 1.82) is 0 Å². The molecule has 1 saturated heterocycles. The minimum Gasteiger partial charge on any atom is -0.467 e. The lowest BCUT2D eigenvalue weighted by Gasteiger charge is -2.25. The fourth-order valence-electron chi connectivity index (χ4n) is 4.24. The van der Waals surface area contributed by atoms with Gasteiger partial charge in [-0.05, 0) is 41.8 Å². The van der Waals surface area contributed by atoms with Gasteiger partial charge in [0.15, 0.2) is 0 Å². The molecule has 2 amide bonds. The third kappa shape index (κ3) is 5.83. The number of amides is 2. The molecule has 2 heterocycles. The fraction of sp³-hybridized carbons (Fsp3) is 0.333. The highest BCUT2D eigenvalue weighted by Gasteiger charge is 2.36. The number of hydrogen-bond donors (Lipinski definition) is 0. The maximum Gasteiger partial charge on any atom is 0.228 e. The van der Waals surface area contributed by atoms with E-state index in [0.29, 0.717) is 26.2 Å². The van der Waals surface area contributed by atoms with Gasteiger partial charge in [-0.1, -0.05) is 42.5 Å². The molecule has 33 heavy (non-hydrogen) atoms. The average Bonchev–Trinajstić information content (AvgIpc) is 3.47. The number of carbonyl (C=O) groups is 2. The van der Waals surface area contributed by atoms with Crippen LogP contribution in [0.1, 0.15) is 23.3 Å². The van der Waals surface area contributed by atoms with Gasteiger partial charge in [-0.2, -0.15) is 0 Å². The van der Waals surface area contributed by atoms with Gasteiger partial charge in [0.1, 0.15) is 5.76 Å². The molecule has 1 aliphatic rings. The number of benzene rings is 2. The van der Waals surface area contributed by atoms with Gasteiger partial charge in [0.2, 0.25) is 11.8 Å². The zero-order valence-corrected chi connectivity index (χ0v) is 19.3. The van der Waals surface area contributed by atoms with Crippen LogP contribution < -0.4 is 4.90 Å². The predicted molar refractivity (Wildman–Crippen MR) is 129 cm³/mol. The van der Waals surface area contributed by atoms with Crippen LogP contribution in [0.3, 0.4) is 0 Å². The number of anilines is 1. The Morgan fingerprint density at radius 1 is 0.970 bits per heavy atom. The maximum atomic E-state index is 13.5. The van der Waals surface area contributed by atoms with Crippen LogP contribution in [0.4, 0.5) is 5.69 Å². The normalized spacial score (nSPS) is 15.6. The Morgan fingerprint density at radius 3 is 2.39 bits per heavy atom. The van der Waals surface area contributed by atoms with E-state index in [-0.39, 0.29) is 24.2 Å². The van der Waals surface area contributed by atoms with E-state index in [0.717, 1.165) is 23.4 Å². The number of likely N-dealkylation sites (tertiary alicyclic amines) is 1. The molecule has 6 heteroatoms. The SMILES string of the molecule is CN(C)c1ccc(CN(Cc2ccco2)C(=O)C2CC(=O)N(CCc3ccccc3)C2)cc1. The molecule has 1 fully saturated rings. The number of rotatable bonds is 9. The van der Waals surface area contributed by atoms with Crippen molar-refractivity contribution in [2.75, 3.05) is 32.1 Å². The summed E-state index contributed by atoms with van der Waals surface area (Å²) in [6.45, 7) is 1.97. The first-order valence-electron chi connectivity index (χ1n) is 11.4. The first-order valence-corrected chi connectivity index (χ1v) is 11.4. The van der Waals surface area contributed by atoms with E-state index in [1.54, 1.807) is 6.26 Å². The number of nitrogens with zero attached hydrogens (tertiary/aromatic N) is 3. The molecule has 0 aliphatic carbocycles. The summed E-state index contributed by atoms with van der Waals surface area (Å²) in [7, 11) is 4.00. The lowest BCUT2D eigenvalue weighted by Crippen LogP contribution is -2.37. The van der Waals surface area contributed by atoms with Gasteiger partial charge in [-0.25, -0.2) is 0 Å². The molecule has 0 radical (unpaired) electrons. The zero-order valence-electron chi connectivity index (χ0n) is 19.3. The van der Waals surface area contributed by atoms with Crippen molar-refractivity contribution in [1.82, 2.24) is 9.80 Å². The van der Waals surface area contributed by atoms with E-state index in [1.807, 2.05) is 71.3 Å². The molecule has 1 atom stereocenters. The summed E-state index contributed by atoms with van der Waals surface area (Å²) in [5.74, 6) is 0.457. The fourth-order valence-corrected chi connectivity index (χ4v) is 4.24. The van der Waals surface area contributed by atoms with Crippen LogP contribution in [0.25, 0.3) is 0 Å². The van der Waals surface area contributed by atoms with Crippen LogP contribution in [0.2, 0.25) is 0 Å². The quantitative estimate of drug-likeness (QED) is 0.500. The van der Waals surface area contributed by atoms with E-state index in [1.165, 1.54) is 5.56 Å². The van der Waals surface area contributed by atoms with Gasteiger partial charge < -0.3 is 19.1 Å². The summed E-state index contributed by atoms with van der Waals surface area (Å²) in [5.41, 5.74) is 3.35. The summed E-state index contributed by atoms with van der Waals surface area (Å²) in [6.07, 6.45) is 2.68. The van der Waals surface area contributed by atoms with Crippen molar-refractivity contribution < 1.29 is 14.0 Å². The zero-order chi connectivity index (χ0) is 23.2. The molecule has 0 bridgehead atoms. The minimum absolute atomic E-state index is 0.00125. The van der Waals surface area contributed by atoms with E-state index < -0.39 is 0 Å². The number of carbonyl (C=O) groups excluding carboxylic acids is 2. The summed E-state index contributed by atoms with van der Waals surface area (Å²) in [6, 6.07) is 22.0. The molecule has 3 aromatic rings. The second-order valence-corrected chi connectivity index (χ2v) is 8.81. The molecular weight excluding hydrogens is 414 g/mol. The molecule has 2 aromatic carbocycles. The summed E-state index contributed by atoms with van der Waals surface area (Å²) >= 11 is 0. The molecule has 1 aliphatic heterocycles. The van der Waals surface area contributed by atoms with E-state index >= 15 is 0 Å². The second kappa shape index (κ2) is 10.4. The maximum absolute atomic E-state index is 13.5. The monoisotopic (exact) mass is 445 g/mol. The highest BCUT2D eigenvalue weighted by molar-refractivity contribution is 5.89. The van der Waals surface area contributed by atoms with Crippen molar-refractivity contribution in [3.05, 3.63) is 89.9 Å². The van der Waals surface area contributed by atoms with Crippen LogP contribution in [0.15, 0.2) is 77.4 Å². The Balaban J connectivity index is 1.43. The van der Waals surface area contributed by atoms with Crippen LogP contribution >= 0.6 is 0 Å². The lowest BCUT2D eigenvalue weighted by molar-refractivity contribution is -0.137. The largest absolute Gasteiger partial charge is 0.467 e. The van der Waals surface area contributed by atoms with Gasteiger partial charge in [0.05, 0.1) is 18.7 Å². The molecule has 0 saturated carbocycles. The van der Waals surface area contributed by atoms with Gasteiger partial charge in [-0.15, -0.1) is 0 Å². The van der Waals surface area contributed by atoms with E-state index in [9.17, 15) is 9.59 Å². The standard InChI is InChI=1S/C27H31N3O3/c1-28(2)24-12-10-22(11-13-24)18-30(20-25-9-6-16-33-25)27(32)23-17-26(31)29(19-23)15-14-21-7-4-3-5-8-21/h3-13,16,23H,14-15,17-20H2,1-2H3. The van der Waals surface area contributed by atoms with Gasteiger partial charge >= 0.3 is 0 Å². The highest BCUT2D eigenvalue weighted by atomic mass is 16.3. The van der Waals surface area contributed by atoms with Gasteiger partial charge in [0, 0.05) is 45.8 Å². The smallest absolute Gasteiger partial charge is 0.228 e. The predicted octanol–water partition coefficient (Wildman–Crippen LogP) is 3.97. The lowest BCUT2D eigenvalue weighted by atomic mass is 10.1. The second-order valence-electron chi connectivity index (χ2n) is 8.81. The highest BCUT2D eigenvalue weighted by Crippen LogP contribution is 2.24. The van der Waals surface area contributed by atoms with Gasteiger partial charge in [-0.3, -0.25) is 9.59 Å². The van der Waals surface area contributed by atoms with Crippen molar-refractivity contribution in [2.24, 2.45) is 5.92 Å². The van der Waals surface area contributed by atoms with Gasteiger partial charge in [0.25, 0.3) is 0 Å². The van der Waals surface area contributed by atoms with Crippen LogP contribution in [-0.4, -0.2) is 48.8 Å². The van der Waals surface area contributed by atoms with Crippen molar-refractivity contribution in [3.63, 3.8) is 0 Å². The topological polar surface area (TPSA) is 57.0 Å². The van der Waals surface area contributed by atoms with Crippen molar-refractivity contribution in [3.8, 4) is 0 Å². The van der Waals surface area contributed by atoms with Crippen molar-refractivity contribution in [2.45, 2.75) is 25.9 Å². The molecule has 1 unspecified atom stereocenters. The van der Waals surface area contributed by atoms with E-state index in [2.05, 4.69) is 24.3 Å². The number of hydrogen-bond acceptors (Lipinski definition) is 4. The molecule has 4 rings (SSSR count). The Bertz CT molecular complexity index is 1050. The first-order chi connectivity index (χ1) is 16.0. The Kier molecular flexibility index (Phi) is 7.13. The molecule has 1 aromatic heterocycles. The average molecular weight is 446 g/mol. The Labute approximate surface area is 195 Å². The first kappa shape index (κ1) is 22.6. The molecule has 172 valence electrons.